The minimum Gasteiger partial charge on any atom is -0.462 e. The summed E-state index contributed by atoms with van der Waals surface area (Å²) < 4.78 is 5.36. The lowest BCUT2D eigenvalue weighted by Crippen LogP contribution is -2.16. The van der Waals surface area contributed by atoms with Crippen LogP contribution in [0.3, 0.4) is 0 Å². The predicted molar refractivity (Wildman–Crippen MR) is 139 cm³/mol. The van der Waals surface area contributed by atoms with Gasteiger partial charge in [0.25, 0.3) is 5.91 Å². The molecule has 3 aromatic heterocycles. The second kappa shape index (κ2) is 8.85. The minimum absolute atomic E-state index is 0.264. The Kier molecular flexibility index (Phi) is 5.87. The van der Waals surface area contributed by atoms with E-state index in [-0.39, 0.29) is 18.4 Å². The van der Waals surface area contributed by atoms with E-state index >= 15 is 0 Å². The first-order valence-corrected chi connectivity index (χ1v) is 12.9. The van der Waals surface area contributed by atoms with Crippen molar-refractivity contribution in [3.8, 4) is 10.4 Å². The number of rotatable bonds is 5. The molecule has 1 aromatic carbocycles. The van der Waals surface area contributed by atoms with Crippen molar-refractivity contribution in [1.29, 1.82) is 0 Å². The fourth-order valence-corrected chi connectivity index (χ4v) is 6.60. The molecule has 1 aliphatic carbocycles. The van der Waals surface area contributed by atoms with Gasteiger partial charge in [-0.25, -0.2) is 9.78 Å². The summed E-state index contributed by atoms with van der Waals surface area (Å²) in [5.41, 5.74) is 11.4. The molecule has 4 aromatic rings. The van der Waals surface area contributed by atoms with Crippen LogP contribution in [0.15, 0.2) is 36.4 Å². The van der Waals surface area contributed by atoms with Gasteiger partial charge in [0, 0.05) is 16.0 Å². The number of aryl methyl sites for hydroxylation is 1. The van der Waals surface area contributed by atoms with Crippen molar-refractivity contribution in [3.63, 3.8) is 0 Å². The molecule has 174 valence electrons. The molecule has 0 aliphatic heterocycles. The maximum Gasteiger partial charge on any atom is 0.341 e. The summed E-state index contributed by atoms with van der Waals surface area (Å²) in [6.07, 6.45) is 1.56. The molecular formula is C26H25N3O3S2. The van der Waals surface area contributed by atoms with Gasteiger partial charge >= 0.3 is 5.97 Å². The molecule has 8 heteroatoms. The van der Waals surface area contributed by atoms with Gasteiger partial charge in [0.2, 0.25) is 0 Å². The highest BCUT2D eigenvalue weighted by molar-refractivity contribution is 7.22. The van der Waals surface area contributed by atoms with Crippen LogP contribution in [0.2, 0.25) is 0 Å². The number of thiophene rings is 2. The summed E-state index contributed by atoms with van der Waals surface area (Å²) in [5, 5.41) is 4.24. The number of fused-ring (bicyclic) bond motifs is 4. The van der Waals surface area contributed by atoms with Crippen molar-refractivity contribution in [2.75, 3.05) is 17.7 Å². The molecule has 6 nitrogen and oxygen atoms in total. The summed E-state index contributed by atoms with van der Waals surface area (Å²) >= 11 is 2.69. The molecule has 1 aliphatic rings. The molecule has 34 heavy (non-hydrogen) atoms. The fraction of sp³-hybridized carbons (Fsp3) is 0.269. The number of esters is 1. The van der Waals surface area contributed by atoms with Crippen LogP contribution in [0, 0.1) is 0 Å². The van der Waals surface area contributed by atoms with Crippen LogP contribution in [-0.2, 0) is 17.6 Å². The number of carbonyl (C=O) groups excluding carboxylic acids is 2. The van der Waals surface area contributed by atoms with E-state index in [9.17, 15) is 9.59 Å². The van der Waals surface area contributed by atoms with E-state index in [0.717, 1.165) is 44.8 Å². The van der Waals surface area contributed by atoms with Crippen molar-refractivity contribution in [1.82, 2.24) is 4.98 Å². The minimum atomic E-state index is -0.415. The van der Waals surface area contributed by atoms with E-state index in [2.05, 4.69) is 36.3 Å². The van der Waals surface area contributed by atoms with E-state index in [0.29, 0.717) is 21.1 Å². The third kappa shape index (κ3) is 3.76. The van der Waals surface area contributed by atoms with Crippen LogP contribution in [0.4, 0.5) is 10.7 Å². The molecule has 0 spiro atoms. The molecule has 0 fully saturated rings. The number of pyridine rings is 1. The number of hydrogen-bond acceptors (Lipinski definition) is 7. The van der Waals surface area contributed by atoms with Crippen molar-refractivity contribution in [2.24, 2.45) is 0 Å². The van der Waals surface area contributed by atoms with Gasteiger partial charge in [0.1, 0.15) is 14.7 Å². The summed E-state index contributed by atoms with van der Waals surface area (Å²) in [7, 11) is 0. The van der Waals surface area contributed by atoms with Crippen molar-refractivity contribution in [3.05, 3.63) is 63.7 Å². The summed E-state index contributed by atoms with van der Waals surface area (Å²) in [4.78, 5) is 33.1. The summed E-state index contributed by atoms with van der Waals surface area (Å²) in [5.74, 6) is -0.483. The number of amides is 1. The van der Waals surface area contributed by atoms with E-state index < -0.39 is 5.97 Å². The quantitative estimate of drug-likeness (QED) is 0.321. The van der Waals surface area contributed by atoms with Crippen LogP contribution in [-0.4, -0.2) is 23.5 Å². The van der Waals surface area contributed by atoms with Gasteiger partial charge in [0.15, 0.2) is 0 Å². The number of nitrogens with one attached hydrogen (secondary N) is 1. The zero-order chi connectivity index (χ0) is 24.0. The Hall–Kier alpha value is -3.23. The largest absolute Gasteiger partial charge is 0.462 e. The van der Waals surface area contributed by atoms with E-state index in [1.807, 2.05) is 24.3 Å². The van der Waals surface area contributed by atoms with Crippen LogP contribution < -0.4 is 11.1 Å². The molecule has 0 saturated heterocycles. The van der Waals surface area contributed by atoms with Gasteiger partial charge in [-0.2, -0.15) is 0 Å². The first kappa shape index (κ1) is 22.6. The third-order valence-corrected chi connectivity index (χ3v) is 8.33. The average Bonchev–Trinajstić information content (AvgIpc) is 3.36. The predicted octanol–water partition coefficient (Wildman–Crippen LogP) is 6.26. The van der Waals surface area contributed by atoms with Crippen molar-refractivity contribution < 1.29 is 14.3 Å². The highest BCUT2D eigenvalue weighted by Crippen LogP contribution is 2.46. The van der Waals surface area contributed by atoms with Crippen LogP contribution in [0.25, 0.3) is 20.7 Å². The number of anilines is 2. The first-order valence-electron chi connectivity index (χ1n) is 11.3. The molecule has 0 bridgehead atoms. The molecule has 5 rings (SSSR count). The summed E-state index contributed by atoms with van der Waals surface area (Å²) in [6.45, 7) is 6.19. The maximum atomic E-state index is 13.4. The van der Waals surface area contributed by atoms with Gasteiger partial charge in [-0.05, 0) is 54.5 Å². The molecule has 0 saturated carbocycles. The topological polar surface area (TPSA) is 94.3 Å². The number of ether oxygens (including phenoxy) is 1. The average molecular weight is 492 g/mol. The molecule has 3 heterocycles. The van der Waals surface area contributed by atoms with E-state index in [4.69, 9.17) is 10.5 Å². The van der Waals surface area contributed by atoms with Crippen LogP contribution in [0.5, 0.6) is 0 Å². The van der Waals surface area contributed by atoms with Gasteiger partial charge in [-0.1, -0.05) is 38.1 Å². The summed E-state index contributed by atoms with van der Waals surface area (Å²) in [6, 6.07) is 12.1. The first-order chi connectivity index (χ1) is 16.4. The highest BCUT2D eigenvalue weighted by Gasteiger charge is 2.30. The lowest BCUT2D eigenvalue weighted by molar-refractivity contribution is 0.0527. The normalized spacial score (nSPS) is 12.5. The van der Waals surface area contributed by atoms with Gasteiger partial charge < -0.3 is 15.8 Å². The number of hydrogen-bond donors (Lipinski definition) is 2. The standard InChI is InChI=1S/C26H25N3O3S2/c1-4-32-26(31)19-16-10-9-14-7-5-6-8-15(14)21(16)33-25(19)29-23(30)22-20(27)17-11-12-18(13(2)3)28-24(17)34-22/h5-8,11-13H,4,9-10,27H2,1-3H3,(H,29,30). The molecule has 0 atom stereocenters. The van der Waals surface area contributed by atoms with Crippen molar-refractivity contribution in [2.45, 2.75) is 39.5 Å². The highest BCUT2D eigenvalue weighted by atomic mass is 32.1. The SMILES string of the molecule is CCOC(=O)c1c(NC(=O)c2sc3nc(C(C)C)ccc3c2N)sc2c1CCc1ccccc1-2. The van der Waals surface area contributed by atoms with Gasteiger partial charge in [0.05, 0.1) is 17.9 Å². The van der Waals surface area contributed by atoms with Gasteiger partial charge in [-0.15, -0.1) is 22.7 Å². The second-order valence-electron chi connectivity index (χ2n) is 8.53. The smallest absolute Gasteiger partial charge is 0.341 e. The third-order valence-electron chi connectivity index (χ3n) is 6.03. The Morgan fingerprint density at radius 1 is 1.15 bits per heavy atom. The number of nitrogen functional groups attached to an aromatic ring is 1. The fourth-order valence-electron chi connectivity index (χ4n) is 4.31. The number of nitrogens with zero attached hydrogens (tertiary/aromatic N) is 1. The molecule has 0 unspecified atom stereocenters. The number of aromatic nitrogens is 1. The van der Waals surface area contributed by atoms with Gasteiger partial charge in [-0.3, -0.25) is 4.79 Å². The number of nitrogens with two attached hydrogens (primary N) is 1. The zero-order valence-electron chi connectivity index (χ0n) is 19.2. The molecule has 3 N–H and O–H groups in total. The Morgan fingerprint density at radius 3 is 2.71 bits per heavy atom. The zero-order valence-corrected chi connectivity index (χ0v) is 20.9. The van der Waals surface area contributed by atoms with Crippen LogP contribution in [0.1, 0.15) is 63.5 Å². The lowest BCUT2D eigenvalue weighted by atomic mass is 9.89. The Bertz CT molecular complexity index is 1430. The van der Waals surface area contributed by atoms with Crippen LogP contribution >= 0.6 is 22.7 Å². The number of carbonyl (C=O) groups is 2. The van der Waals surface area contributed by atoms with Crippen molar-refractivity contribution >= 4 is 55.5 Å². The molecule has 1 amide bonds. The molecule has 0 radical (unpaired) electrons. The van der Waals surface area contributed by atoms with E-state index in [1.165, 1.54) is 28.2 Å². The second-order valence-corrected chi connectivity index (χ2v) is 10.6. The van der Waals surface area contributed by atoms with E-state index in [1.54, 1.807) is 6.92 Å². The monoisotopic (exact) mass is 491 g/mol. The maximum absolute atomic E-state index is 13.4. The Labute approximate surface area is 205 Å². The Balaban J connectivity index is 1.56. The Morgan fingerprint density at radius 2 is 1.94 bits per heavy atom. The molecular weight excluding hydrogens is 466 g/mol. The number of benzene rings is 1. The lowest BCUT2D eigenvalue weighted by Gasteiger charge is -2.16.